The van der Waals surface area contributed by atoms with E-state index in [2.05, 4.69) is 48.4 Å². The summed E-state index contributed by atoms with van der Waals surface area (Å²) < 4.78 is 0.741. The second-order valence-corrected chi connectivity index (χ2v) is 5.76. The third-order valence-corrected chi connectivity index (χ3v) is 3.85. The van der Waals surface area contributed by atoms with Gasteiger partial charge in [0.2, 0.25) is 0 Å². The fourth-order valence-electron chi connectivity index (χ4n) is 1.79. The van der Waals surface area contributed by atoms with Crippen LogP contribution in [0.1, 0.15) is 29.1 Å². The minimum Gasteiger partial charge on any atom is -0.304 e. The van der Waals surface area contributed by atoms with E-state index in [1.165, 1.54) is 22.5 Å². The van der Waals surface area contributed by atoms with Gasteiger partial charge in [-0.25, -0.2) is 4.98 Å². The van der Waals surface area contributed by atoms with E-state index in [1.54, 1.807) is 6.20 Å². The molecular formula is C13H15ClN2S. The second-order valence-electron chi connectivity index (χ2n) is 4.02. The van der Waals surface area contributed by atoms with Crippen molar-refractivity contribution in [3.05, 3.63) is 50.9 Å². The standard InChI is InChI=1S/C13H15ClN2S/c1-9-5-3-4-6-11(9)10(2)15-8-13-16-7-12(14)17-13/h3-7,10,15H,8H2,1-2H3/t10-/m1/s1. The number of hydrogen-bond acceptors (Lipinski definition) is 3. The SMILES string of the molecule is Cc1ccccc1[C@@H](C)NCc1ncc(Cl)s1. The van der Waals surface area contributed by atoms with Crippen LogP contribution in [0.25, 0.3) is 0 Å². The van der Waals surface area contributed by atoms with Crippen molar-refractivity contribution in [2.75, 3.05) is 0 Å². The first-order chi connectivity index (χ1) is 8.16. The van der Waals surface area contributed by atoms with E-state index in [1.807, 2.05) is 0 Å². The summed E-state index contributed by atoms with van der Waals surface area (Å²) >= 11 is 7.37. The van der Waals surface area contributed by atoms with Gasteiger partial charge < -0.3 is 5.32 Å². The Kier molecular flexibility index (Phi) is 4.15. The smallest absolute Gasteiger partial charge is 0.113 e. The summed E-state index contributed by atoms with van der Waals surface area (Å²) in [6.45, 7) is 5.05. The summed E-state index contributed by atoms with van der Waals surface area (Å²) in [5.74, 6) is 0. The largest absolute Gasteiger partial charge is 0.304 e. The van der Waals surface area contributed by atoms with E-state index in [0.29, 0.717) is 6.04 Å². The van der Waals surface area contributed by atoms with E-state index >= 15 is 0 Å². The average molecular weight is 267 g/mol. The van der Waals surface area contributed by atoms with Gasteiger partial charge in [-0.15, -0.1) is 11.3 Å². The topological polar surface area (TPSA) is 24.9 Å². The number of halogens is 1. The summed E-state index contributed by atoms with van der Waals surface area (Å²) in [7, 11) is 0. The van der Waals surface area contributed by atoms with Crippen molar-refractivity contribution in [1.29, 1.82) is 0 Å². The van der Waals surface area contributed by atoms with Crippen molar-refractivity contribution in [3.8, 4) is 0 Å². The molecule has 0 aliphatic rings. The van der Waals surface area contributed by atoms with E-state index < -0.39 is 0 Å². The van der Waals surface area contributed by atoms with Crippen LogP contribution in [0.3, 0.4) is 0 Å². The Labute approximate surface area is 111 Å². The maximum Gasteiger partial charge on any atom is 0.113 e. The Balaban J connectivity index is 1.98. The van der Waals surface area contributed by atoms with E-state index in [0.717, 1.165) is 15.9 Å². The predicted molar refractivity (Wildman–Crippen MR) is 73.6 cm³/mol. The van der Waals surface area contributed by atoms with Gasteiger partial charge in [-0.1, -0.05) is 35.9 Å². The van der Waals surface area contributed by atoms with Crippen LogP contribution in [0.4, 0.5) is 0 Å². The number of nitrogens with zero attached hydrogens (tertiary/aromatic N) is 1. The number of thiazole rings is 1. The van der Waals surface area contributed by atoms with E-state index in [-0.39, 0.29) is 0 Å². The number of rotatable bonds is 4. The lowest BCUT2D eigenvalue weighted by atomic mass is 10.0. The van der Waals surface area contributed by atoms with Crippen molar-refractivity contribution in [2.24, 2.45) is 0 Å². The van der Waals surface area contributed by atoms with Crippen molar-refractivity contribution in [1.82, 2.24) is 10.3 Å². The van der Waals surface area contributed by atoms with Crippen LogP contribution >= 0.6 is 22.9 Å². The molecule has 0 fully saturated rings. The van der Waals surface area contributed by atoms with Crippen molar-refractivity contribution >= 4 is 22.9 Å². The summed E-state index contributed by atoms with van der Waals surface area (Å²) in [5, 5.41) is 4.48. The van der Waals surface area contributed by atoms with E-state index in [4.69, 9.17) is 11.6 Å². The van der Waals surface area contributed by atoms with Gasteiger partial charge in [0.05, 0.1) is 6.20 Å². The van der Waals surface area contributed by atoms with Gasteiger partial charge in [-0.3, -0.25) is 0 Å². The molecule has 0 bridgehead atoms. The number of hydrogen-bond donors (Lipinski definition) is 1. The Morgan fingerprint density at radius 2 is 2.18 bits per heavy atom. The van der Waals surface area contributed by atoms with E-state index in [9.17, 15) is 0 Å². The molecule has 0 saturated carbocycles. The fraction of sp³-hybridized carbons (Fsp3) is 0.308. The predicted octanol–water partition coefficient (Wildman–Crippen LogP) is 3.96. The third-order valence-electron chi connectivity index (χ3n) is 2.74. The molecule has 90 valence electrons. The van der Waals surface area contributed by atoms with Gasteiger partial charge in [0, 0.05) is 12.6 Å². The van der Waals surface area contributed by atoms with Crippen LogP contribution in [-0.4, -0.2) is 4.98 Å². The van der Waals surface area contributed by atoms with Crippen LogP contribution in [0, 0.1) is 6.92 Å². The molecule has 0 spiro atoms. The van der Waals surface area contributed by atoms with Gasteiger partial charge >= 0.3 is 0 Å². The molecule has 1 aromatic heterocycles. The molecule has 0 aliphatic carbocycles. The normalized spacial score (nSPS) is 12.6. The maximum absolute atomic E-state index is 5.85. The minimum atomic E-state index is 0.318. The molecule has 2 nitrogen and oxygen atoms in total. The highest BCUT2D eigenvalue weighted by molar-refractivity contribution is 7.15. The highest BCUT2D eigenvalue weighted by atomic mass is 35.5. The Hall–Kier alpha value is -0.900. The van der Waals surface area contributed by atoms with Gasteiger partial charge in [-0.2, -0.15) is 0 Å². The summed E-state index contributed by atoms with van der Waals surface area (Å²) in [5.41, 5.74) is 2.64. The first-order valence-corrected chi connectivity index (χ1v) is 6.75. The van der Waals surface area contributed by atoms with Crippen LogP contribution in [0.2, 0.25) is 4.34 Å². The zero-order valence-corrected chi connectivity index (χ0v) is 11.5. The lowest BCUT2D eigenvalue weighted by Crippen LogP contribution is -2.18. The average Bonchev–Trinajstić information content (AvgIpc) is 2.73. The van der Waals surface area contributed by atoms with Crippen LogP contribution in [0.5, 0.6) is 0 Å². The molecule has 17 heavy (non-hydrogen) atoms. The van der Waals surface area contributed by atoms with Gasteiger partial charge in [0.1, 0.15) is 9.34 Å². The van der Waals surface area contributed by atoms with Crippen molar-refractivity contribution in [3.63, 3.8) is 0 Å². The molecule has 2 aromatic rings. The fourth-order valence-corrected chi connectivity index (χ4v) is 2.70. The Bertz CT molecular complexity index is 496. The summed E-state index contributed by atoms with van der Waals surface area (Å²) in [6.07, 6.45) is 1.70. The molecule has 4 heteroatoms. The van der Waals surface area contributed by atoms with Crippen molar-refractivity contribution in [2.45, 2.75) is 26.4 Å². The van der Waals surface area contributed by atoms with Gasteiger partial charge in [0.15, 0.2) is 0 Å². The lowest BCUT2D eigenvalue weighted by Gasteiger charge is -2.15. The molecule has 0 amide bonds. The molecule has 0 unspecified atom stereocenters. The monoisotopic (exact) mass is 266 g/mol. The second kappa shape index (κ2) is 5.63. The summed E-state index contributed by atoms with van der Waals surface area (Å²) in [6, 6.07) is 8.74. The highest BCUT2D eigenvalue weighted by Gasteiger charge is 2.08. The quantitative estimate of drug-likeness (QED) is 0.906. The molecule has 1 aromatic carbocycles. The number of nitrogens with one attached hydrogen (secondary N) is 1. The molecular weight excluding hydrogens is 252 g/mol. The van der Waals surface area contributed by atoms with Crippen LogP contribution in [-0.2, 0) is 6.54 Å². The lowest BCUT2D eigenvalue weighted by molar-refractivity contribution is 0.571. The molecule has 1 N–H and O–H groups in total. The zero-order chi connectivity index (χ0) is 12.3. The van der Waals surface area contributed by atoms with Crippen LogP contribution in [0.15, 0.2) is 30.5 Å². The third kappa shape index (κ3) is 3.28. The molecule has 0 aliphatic heterocycles. The minimum absolute atomic E-state index is 0.318. The van der Waals surface area contributed by atoms with Gasteiger partial charge in [0.25, 0.3) is 0 Å². The van der Waals surface area contributed by atoms with Gasteiger partial charge in [-0.05, 0) is 25.0 Å². The molecule has 1 heterocycles. The number of benzene rings is 1. The van der Waals surface area contributed by atoms with Crippen molar-refractivity contribution < 1.29 is 0 Å². The Morgan fingerprint density at radius 1 is 1.41 bits per heavy atom. The molecule has 0 saturated heterocycles. The highest BCUT2D eigenvalue weighted by Crippen LogP contribution is 2.20. The van der Waals surface area contributed by atoms with Crippen LogP contribution < -0.4 is 5.32 Å². The first-order valence-electron chi connectivity index (χ1n) is 5.56. The summed E-state index contributed by atoms with van der Waals surface area (Å²) in [4.78, 5) is 4.23. The molecule has 2 rings (SSSR count). The molecule has 1 atom stereocenters. The zero-order valence-electron chi connectivity index (χ0n) is 9.90. The molecule has 0 radical (unpaired) electrons. The number of aromatic nitrogens is 1. The first kappa shape index (κ1) is 12.6. The Morgan fingerprint density at radius 3 is 2.82 bits per heavy atom. The maximum atomic E-state index is 5.85. The number of aryl methyl sites for hydroxylation is 1.